The van der Waals surface area contributed by atoms with Gasteiger partial charge in [0.25, 0.3) is 0 Å². The molecule has 74 valence electrons. The summed E-state index contributed by atoms with van der Waals surface area (Å²) >= 11 is 0. The molecule has 3 atom stereocenters. The van der Waals surface area contributed by atoms with Crippen LogP contribution in [-0.2, 0) is 4.79 Å². The van der Waals surface area contributed by atoms with Gasteiger partial charge in [-0.05, 0) is 24.7 Å². The maximum atomic E-state index is 11.6. The Labute approximate surface area is 81.2 Å². The predicted octanol–water partition coefficient (Wildman–Crippen LogP) is 3.20. The molecule has 0 heterocycles. The molecule has 0 saturated heterocycles. The molecule has 0 aliphatic heterocycles. The second kappa shape index (κ2) is 3.65. The van der Waals surface area contributed by atoms with Crippen LogP contribution in [0.4, 0.5) is 0 Å². The van der Waals surface area contributed by atoms with Crippen LogP contribution in [-0.4, -0.2) is 5.78 Å². The highest BCUT2D eigenvalue weighted by molar-refractivity contribution is 5.82. The lowest BCUT2D eigenvalue weighted by Gasteiger charge is -2.41. The van der Waals surface area contributed by atoms with Crippen molar-refractivity contribution in [1.29, 1.82) is 0 Å². The van der Waals surface area contributed by atoms with E-state index in [-0.39, 0.29) is 11.3 Å². The number of carbonyl (C=O) groups excluding carboxylic acids is 1. The third-order valence-corrected chi connectivity index (χ3v) is 3.83. The molecule has 13 heavy (non-hydrogen) atoms. The van der Waals surface area contributed by atoms with Crippen molar-refractivity contribution < 1.29 is 4.79 Å². The lowest BCUT2D eigenvalue weighted by Crippen LogP contribution is -2.39. The Kier molecular flexibility index (Phi) is 2.94. The maximum Gasteiger partial charge on any atom is 0.136 e. The number of hydrogen-bond donors (Lipinski definition) is 0. The quantitative estimate of drug-likeness (QED) is 0.566. The van der Waals surface area contributed by atoms with Crippen molar-refractivity contribution in [2.75, 3.05) is 0 Å². The summed E-state index contributed by atoms with van der Waals surface area (Å²) in [6, 6.07) is 0. The summed E-state index contributed by atoms with van der Waals surface area (Å²) in [7, 11) is 0. The first kappa shape index (κ1) is 10.5. The molecule has 1 fully saturated rings. The highest BCUT2D eigenvalue weighted by Gasteiger charge is 2.41. The number of ketones is 1. The van der Waals surface area contributed by atoms with E-state index in [1.807, 2.05) is 6.92 Å². The molecule has 0 N–H and O–H groups in total. The Balaban J connectivity index is 2.94. The third-order valence-electron chi connectivity index (χ3n) is 3.83. The van der Waals surface area contributed by atoms with E-state index in [9.17, 15) is 4.79 Å². The molecule has 0 spiro atoms. The van der Waals surface area contributed by atoms with Crippen LogP contribution in [0.2, 0.25) is 0 Å². The Bertz CT molecular complexity index is 229. The molecule has 0 radical (unpaired) electrons. The Morgan fingerprint density at radius 3 is 2.62 bits per heavy atom. The smallest absolute Gasteiger partial charge is 0.136 e. The number of allylic oxidation sites excluding steroid dienone is 2. The molecule has 1 heteroatoms. The fourth-order valence-electron chi connectivity index (χ4n) is 2.33. The molecule has 0 aromatic carbocycles. The zero-order valence-corrected chi connectivity index (χ0v) is 9.13. The number of carbonyl (C=O) groups is 1. The molecular formula is C12H20O. The van der Waals surface area contributed by atoms with Gasteiger partial charge < -0.3 is 0 Å². The van der Waals surface area contributed by atoms with Crippen LogP contribution in [0.1, 0.15) is 40.5 Å². The molecule has 0 bridgehead atoms. The van der Waals surface area contributed by atoms with Crippen molar-refractivity contribution in [2.45, 2.75) is 40.5 Å². The molecule has 0 aromatic heterocycles. The van der Waals surface area contributed by atoms with Gasteiger partial charge in [0, 0.05) is 12.3 Å². The van der Waals surface area contributed by atoms with Gasteiger partial charge in [0.05, 0.1) is 0 Å². The van der Waals surface area contributed by atoms with Crippen molar-refractivity contribution in [3.8, 4) is 0 Å². The topological polar surface area (TPSA) is 17.1 Å². The average Bonchev–Trinajstić information content (AvgIpc) is 2.10. The first-order valence-electron chi connectivity index (χ1n) is 5.19. The lowest BCUT2D eigenvalue weighted by atomic mass is 9.62. The first-order valence-corrected chi connectivity index (χ1v) is 5.19. The summed E-state index contributed by atoms with van der Waals surface area (Å²) in [5.41, 5.74) is 0.0874. The van der Waals surface area contributed by atoms with Gasteiger partial charge in [-0.25, -0.2) is 0 Å². The van der Waals surface area contributed by atoms with Crippen LogP contribution in [0.25, 0.3) is 0 Å². The van der Waals surface area contributed by atoms with E-state index in [1.165, 1.54) is 0 Å². The molecule has 3 unspecified atom stereocenters. The van der Waals surface area contributed by atoms with Crippen molar-refractivity contribution in [1.82, 2.24) is 0 Å². The maximum absolute atomic E-state index is 11.6. The van der Waals surface area contributed by atoms with Crippen molar-refractivity contribution >= 4 is 5.78 Å². The zero-order chi connectivity index (χ0) is 10.1. The minimum atomic E-state index is 0.0874. The minimum absolute atomic E-state index is 0.0874. The molecule has 1 aliphatic carbocycles. The molecule has 0 amide bonds. The van der Waals surface area contributed by atoms with E-state index < -0.39 is 0 Å². The summed E-state index contributed by atoms with van der Waals surface area (Å²) in [5.74, 6) is 1.24. The number of rotatable bonds is 1. The highest BCUT2D eigenvalue weighted by Crippen LogP contribution is 2.44. The molecule has 1 aliphatic rings. The fraction of sp³-hybridized carbons (Fsp3) is 0.750. The number of hydrogen-bond acceptors (Lipinski definition) is 1. The molecule has 1 nitrogen and oxygen atoms in total. The van der Waals surface area contributed by atoms with E-state index in [0.29, 0.717) is 11.7 Å². The van der Waals surface area contributed by atoms with Gasteiger partial charge in [0.15, 0.2) is 0 Å². The Morgan fingerprint density at radius 2 is 2.08 bits per heavy atom. The minimum Gasteiger partial charge on any atom is -0.299 e. The first-order chi connectivity index (χ1) is 6.02. The summed E-state index contributed by atoms with van der Waals surface area (Å²) in [4.78, 5) is 11.6. The van der Waals surface area contributed by atoms with Crippen LogP contribution in [0.5, 0.6) is 0 Å². The van der Waals surface area contributed by atoms with Gasteiger partial charge in [0.1, 0.15) is 5.78 Å². The van der Waals surface area contributed by atoms with Crippen molar-refractivity contribution in [3.63, 3.8) is 0 Å². The standard InChI is InChI=1S/C12H20O/c1-5-8-12(4)9(2)6-7-11(13)10(12)3/h5,8-10H,6-7H2,1-4H3/b8-5+. The molecule has 1 saturated carbocycles. The Hall–Kier alpha value is -0.590. The van der Waals surface area contributed by atoms with Gasteiger partial charge in [-0.1, -0.05) is 32.9 Å². The van der Waals surface area contributed by atoms with Gasteiger partial charge in [-0.2, -0.15) is 0 Å². The van der Waals surface area contributed by atoms with Crippen molar-refractivity contribution in [3.05, 3.63) is 12.2 Å². The van der Waals surface area contributed by atoms with Gasteiger partial charge in [0.2, 0.25) is 0 Å². The highest BCUT2D eigenvalue weighted by atomic mass is 16.1. The summed E-state index contributed by atoms with van der Waals surface area (Å²) < 4.78 is 0. The SMILES string of the molecule is C/C=C/C1(C)C(C)CCC(=O)C1C. The van der Waals surface area contributed by atoms with E-state index in [1.54, 1.807) is 0 Å². The van der Waals surface area contributed by atoms with Crippen LogP contribution in [0.15, 0.2) is 12.2 Å². The van der Waals surface area contributed by atoms with E-state index >= 15 is 0 Å². The Morgan fingerprint density at radius 1 is 1.46 bits per heavy atom. The molecular weight excluding hydrogens is 160 g/mol. The molecule has 0 aromatic rings. The van der Waals surface area contributed by atoms with Gasteiger partial charge >= 0.3 is 0 Å². The van der Waals surface area contributed by atoms with Crippen LogP contribution in [0.3, 0.4) is 0 Å². The van der Waals surface area contributed by atoms with Crippen LogP contribution in [0, 0.1) is 17.3 Å². The van der Waals surface area contributed by atoms with Crippen LogP contribution < -0.4 is 0 Å². The number of Topliss-reactive ketones (excluding diaryl/α,β-unsaturated/α-hetero) is 1. The lowest BCUT2D eigenvalue weighted by molar-refractivity contribution is -0.129. The third kappa shape index (κ3) is 1.70. The normalized spacial score (nSPS) is 41.4. The van der Waals surface area contributed by atoms with Gasteiger partial charge in [-0.15, -0.1) is 0 Å². The summed E-state index contributed by atoms with van der Waals surface area (Å²) in [6.45, 7) is 8.56. The fourth-order valence-corrected chi connectivity index (χ4v) is 2.33. The van der Waals surface area contributed by atoms with Crippen molar-refractivity contribution in [2.24, 2.45) is 17.3 Å². The second-order valence-corrected chi connectivity index (χ2v) is 4.49. The zero-order valence-electron chi connectivity index (χ0n) is 9.13. The van der Waals surface area contributed by atoms with E-state index in [2.05, 4.69) is 32.9 Å². The average molecular weight is 180 g/mol. The summed E-state index contributed by atoms with van der Waals surface area (Å²) in [5, 5.41) is 0. The summed E-state index contributed by atoms with van der Waals surface area (Å²) in [6.07, 6.45) is 6.10. The van der Waals surface area contributed by atoms with E-state index in [0.717, 1.165) is 12.8 Å². The predicted molar refractivity (Wildman–Crippen MR) is 55.5 cm³/mol. The van der Waals surface area contributed by atoms with Crippen LogP contribution >= 0.6 is 0 Å². The largest absolute Gasteiger partial charge is 0.299 e. The van der Waals surface area contributed by atoms with E-state index in [4.69, 9.17) is 0 Å². The molecule has 1 rings (SSSR count). The van der Waals surface area contributed by atoms with Gasteiger partial charge in [-0.3, -0.25) is 4.79 Å². The second-order valence-electron chi connectivity index (χ2n) is 4.49. The monoisotopic (exact) mass is 180 g/mol.